The molecule has 1 rings (SSSR count). The van der Waals surface area contributed by atoms with E-state index in [0.717, 1.165) is 18.7 Å². The predicted octanol–water partition coefficient (Wildman–Crippen LogP) is 4.45. The molecular formula is C18H31NO. The van der Waals surface area contributed by atoms with Gasteiger partial charge in [-0.1, -0.05) is 59.2 Å². The molecule has 1 aromatic carbocycles. The highest BCUT2D eigenvalue weighted by molar-refractivity contribution is 5.41. The van der Waals surface area contributed by atoms with Crippen LogP contribution in [-0.2, 0) is 5.41 Å². The number of hydrogen-bond acceptors (Lipinski definition) is 2. The second-order valence-corrected chi connectivity index (χ2v) is 6.96. The highest BCUT2D eigenvalue weighted by atomic mass is 16.5. The van der Waals surface area contributed by atoms with E-state index in [-0.39, 0.29) is 11.5 Å². The van der Waals surface area contributed by atoms with Crippen molar-refractivity contribution in [3.05, 3.63) is 29.3 Å². The summed E-state index contributed by atoms with van der Waals surface area (Å²) in [6, 6.07) is 6.99. The van der Waals surface area contributed by atoms with Crippen LogP contribution in [0.15, 0.2) is 18.2 Å². The molecule has 2 heteroatoms. The van der Waals surface area contributed by atoms with Crippen LogP contribution >= 0.6 is 0 Å². The second-order valence-electron chi connectivity index (χ2n) is 6.96. The van der Waals surface area contributed by atoms with Crippen molar-refractivity contribution in [3.8, 4) is 5.75 Å². The van der Waals surface area contributed by atoms with E-state index in [1.54, 1.807) is 0 Å². The third-order valence-corrected chi connectivity index (χ3v) is 3.45. The van der Waals surface area contributed by atoms with Crippen LogP contribution in [0.4, 0.5) is 0 Å². The Balaban J connectivity index is 2.90. The van der Waals surface area contributed by atoms with Gasteiger partial charge in [0.25, 0.3) is 0 Å². The molecule has 0 aliphatic rings. The maximum absolute atomic E-state index is 6.26. The molecule has 0 aliphatic carbocycles. The van der Waals surface area contributed by atoms with Crippen molar-refractivity contribution in [1.29, 1.82) is 0 Å². The Bertz CT molecular complexity index is 418. The number of nitrogens with one attached hydrogen (secondary N) is 1. The monoisotopic (exact) mass is 277 g/mol. The molecule has 0 saturated heterocycles. The van der Waals surface area contributed by atoms with Gasteiger partial charge < -0.3 is 10.1 Å². The van der Waals surface area contributed by atoms with Gasteiger partial charge in [-0.25, -0.2) is 0 Å². The maximum Gasteiger partial charge on any atom is 0.123 e. The van der Waals surface area contributed by atoms with Crippen LogP contribution in [0.25, 0.3) is 0 Å². The number of rotatable bonds is 6. The minimum absolute atomic E-state index is 0.102. The van der Waals surface area contributed by atoms with E-state index in [0.29, 0.717) is 6.04 Å². The first kappa shape index (κ1) is 17.0. The van der Waals surface area contributed by atoms with Crippen molar-refractivity contribution in [2.45, 2.75) is 72.4 Å². The number of aryl methyl sites for hydroxylation is 1. The first-order valence-corrected chi connectivity index (χ1v) is 7.75. The average molecular weight is 277 g/mol. The molecule has 0 radical (unpaired) electrons. The van der Waals surface area contributed by atoms with Crippen LogP contribution in [0.5, 0.6) is 5.75 Å². The summed E-state index contributed by atoms with van der Waals surface area (Å²) in [5.41, 5.74) is 2.68. The number of hydrogen-bond donors (Lipinski definition) is 1. The number of ether oxygens (including phenoxy) is 1. The highest BCUT2D eigenvalue weighted by Gasteiger charge is 2.21. The van der Waals surface area contributed by atoms with Gasteiger partial charge >= 0.3 is 0 Å². The fourth-order valence-corrected chi connectivity index (χ4v) is 2.15. The Labute approximate surface area is 124 Å². The molecule has 1 aromatic rings. The van der Waals surface area contributed by atoms with E-state index >= 15 is 0 Å². The van der Waals surface area contributed by atoms with Gasteiger partial charge in [-0.05, 0) is 30.4 Å². The van der Waals surface area contributed by atoms with Crippen LogP contribution in [0.2, 0.25) is 0 Å². The summed E-state index contributed by atoms with van der Waals surface area (Å²) in [6.07, 6.45) is 1.23. The van der Waals surface area contributed by atoms with Crippen molar-refractivity contribution >= 4 is 0 Å². The van der Waals surface area contributed by atoms with Crippen LogP contribution in [0.1, 0.15) is 59.1 Å². The molecule has 1 atom stereocenters. The Morgan fingerprint density at radius 1 is 1.20 bits per heavy atom. The standard InChI is InChI=1S/C18H31NO/c1-8-15(12-19-13(2)3)20-17-10-9-14(4)11-16(17)18(5,6)7/h9-11,13,15,19H,8,12H2,1-7H3. The lowest BCUT2D eigenvalue weighted by Crippen LogP contribution is -2.35. The summed E-state index contributed by atoms with van der Waals surface area (Å²) in [7, 11) is 0. The molecule has 1 unspecified atom stereocenters. The number of benzene rings is 1. The third kappa shape index (κ3) is 5.16. The van der Waals surface area contributed by atoms with Gasteiger partial charge in [0.05, 0.1) is 0 Å². The fraction of sp³-hybridized carbons (Fsp3) is 0.667. The van der Waals surface area contributed by atoms with Crippen molar-refractivity contribution in [2.24, 2.45) is 0 Å². The van der Waals surface area contributed by atoms with E-state index in [9.17, 15) is 0 Å². The molecule has 1 N–H and O–H groups in total. The minimum atomic E-state index is 0.102. The smallest absolute Gasteiger partial charge is 0.123 e. The van der Waals surface area contributed by atoms with Crippen molar-refractivity contribution in [1.82, 2.24) is 5.32 Å². The zero-order valence-electron chi connectivity index (χ0n) is 14.2. The molecular weight excluding hydrogens is 246 g/mol. The van der Waals surface area contributed by atoms with E-state index in [1.807, 2.05) is 0 Å². The Morgan fingerprint density at radius 2 is 1.85 bits per heavy atom. The normalized spacial score (nSPS) is 13.6. The van der Waals surface area contributed by atoms with Gasteiger partial charge in [0.15, 0.2) is 0 Å². The Hall–Kier alpha value is -1.02. The van der Waals surface area contributed by atoms with E-state index in [4.69, 9.17) is 4.74 Å². The van der Waals surface area contributed by atoms with Crippen LogP contribution in [0.3, 0.4) is 0 Å². The molecule has 0 saturated carbocycles. The largest absolute Gasteiger partial charge is 0.489 e. The molecule has 114 valence electrons. The lowest BCUT2D eigenvalue weighted by Gasteiger charge is -2.27. The van der Waals surface area contributed by atoms with E-state index in [2.05, 4.69) is 72.0 Å². The second kappa shape index (κ2) is 7.12. The first-order chi connectivity index (χ1) is 9.24. The summed E-state index contributed by atoms with van der Waals surface area (Å²) in [4.78, 5) is 0. The highest BCUT2D eigenvalue weighted by Crippen LogP contribution is 2.32. The summed E-state index contributed by atoms with van der Waals surface area (Å²) >= 11 is 0. The quantitative estimate of drug-likeness (QED) is 0.829. The summed E-state index contributed by atoms with van der Waals surface area (Å²) < 4.78 is 6.26. The first-order valence-electron chi connectivity index (χ1n) is 7.75. The van der Waals surface area contributed by atoms with Gasteiger partial charge in [0, 0.05) is 12.6 Å². The van der Waals surface area contributed by atoms with Gasteiger partial charge in [0.1, 0.15) is 11.9 Å². The zero-order chi connectivity index (χ0) is 15.3. The Morgan fingerprint density at radius 3 is 2.35 bits per heavy atom. The van der Waals surface area contributed by atoms with E-state index in [1.165, 1.54) is 11.1 Å². The maximum atomic E-state index is 6.26. The van der Waals surface area contributed by atoms with Gasteiger partial charge in [-0.2, -0.15) is 0 Å². The van der Waals surface area contributed by atoms with Crippen molar-refractivity contribution < 1.29 is 4.74 Å². The molecule has 0 bridgehead atoms. The minimum Gasteiger partial charge on any atom is -0.489 e. The molecule has 20 heavy (non-hydrogen) atoms. The molecule has 0 aliphatic heterocycles. The Kier molecular flexibility index (Phi) is 6.07. The van der Waals surface area contributed by atoms with Crippen LogP contribution in [0, 0.1) is 6.92 Å². The molecule has 0 heterocycles. The van der Waals surface area contributed by atoms with E-state index < -0.39 is 0 Å². The summed E-state index contributed by atoms with van der Waals surface area (Å²) in [6.45, 7) is 16.3. The zero-order valence-corrected chi connectivity index (χ0v) is 14.2. The van der Waals surface area contributed by atoms with Gasteiger partial charge in [-0.15, -0.1) is 0 Å². The summed E-state index contributed by atoms with van der Waals surface area (Å²) in [5, 5.41) is 3.46. The molecule has 0 amide bonds. The fourth-order valence-electron chi connectivity index (χ4n) is 2.15. The molecule has 0 spiro atoms. The van der Waals surface area contributed by atoms with Gasteiger partial charge in [0.2, 0.25) is 0 Å². The average Bonchev–Trinajstić information content (AvgIpc) is 2.34. The molecule has 0 aromatic heterocycles. The predicted molar refractivity (Wildman–Crippen MR) is 87.7 cm³/mol. The van der Waals surface area contributed by atoms with Crippen LogP contribution in [-0.4, -0.2) is 18.7 Å². The molecule has 2 nitrogen and oxygen atoms in total. The topological polar surface area (TPSA) is 21.3 Å². The lowest BCUT2D eigenvalue weighted by atomic mass is 9.85. The summed E-state index contributed by atoms with van der Waals surface area (Å²) in [5.74, 6) is 1.03. The van der Waals surface area contributed by atoms with Crippen molar-refractivity contribution in [3.63, 3.8) is 0 Å². The van der Waals surface area contributed by atoms with Gasteiger partial charge in [-0.3, -0.25) is 0 Å². The lowest BCUT2D eigenvalue weighted by molar-refractivity contribution is 0.186. The third-order valence-electron chi connectivity index (χ3n) is 3.45. The molecule has 0 fully saturated rings. The van der Waals surface area contributed by atoms with Crippen molar-refractivity contribution in [2.75, 3.05) is 6.54 Å². The van der Waals surface area contributed by atoms with Crippen LogP contribution < -0.4 is 10.1 Å². The SMILES string of the molecule is CCC(CNC(C)C)Oc1ccc(C)cc1C(C)(C)C.